The first-order valence-corrected chi connectivity index (χ1v) is 7.60. The predicted octanol–water partition coefficient (Wildman–Crippen LogP) is 1.85. The maximum atomic E-state index is 12.0. The third-order valence-electron chi connectivity index (χ3n) is 3.39. The molecule has 3 rings (SSSR count). The summed E-state index contributed by atoms with van der Waals surface area (Å²) in [5.74, 6) is -1.09. The zero-order valence-electron chi connectivity index (χ0n) is 13.0. The molecular formula is C15H11ClN6O4. The lowest BCUT2D eigenvalue weighted by atomic mass is 10.2. The van der Waals surface area contributed by atoms with Crippen LogP contribution in [0.5, 0.6) is 5.75 Å². The molecule has 2 N–H and O–H groups in total. The number of para-hydroxylation sites is 1. The van der Waals surface area contributed by atoms with Crippen molar-refractivity contribution in [1.29, 1.82) is 0 Å². The highest BCUT2D eigenvalue weighted by Gasteiger charge is 2.17. The summed E-state index contributed by atoms with van der Waals surface area (Å²) in [6.45, 7) is -0.125. The van der Waals surface area contributed by atoms with Crippen molar-refractivity contribution in [1.82, 2.24) is 20.4 Å². The number of aromatic hydroxyl groups is 1. The number of halogens is 1. The highest BCUT2D eigenvalue weighted by atomic mass is 35.5. The molecule has 0 fully saturated rings. The number of hydrogen-bond acceptors (Lipinski definition) is 7. The number of rotatable bonds is 5. The van der Waals surface area contributed by atoms with E-state index in [9.17, 15) is 20.0 Å². The number of carbonyl (C=O) groups excluding carboxylic acids is 1. The number of benzene rings is 2. The first-order valence-electron chi connectivity index (χ1n) is 7.22. The topological polar surface area (TPSA) is 136 Å². The number of nitro groups is 1. The van der Waals surface area contributed by atoms with Gasteiger partial charge in [0.25, 0.3) is 5.91 Å². The van der Waals surface area contributed by atoms with E-state index in [2.05, 4.69) is 20.8 Å². The Hall–Kier alpha value is -3.53. The number of amides is 1. The van der Waals surface area contributed by atoms with E-state index >= 15 is 0 Å². The Morgan fingerprint density at radius 1 is 1.42 bits per heavy atom. The fourth-order valence-corrected chi connectivity index (χ4v) is 2.44. The fourth-order valence-electron chi connectivity index (χ4n) is 2.22. The molecule has 132 valence electrons. The van der Waals surface area contributed by atoms with Gasteiger partial charge >= 0.3 is 5.69 Å². The standard InChI is InChI=1S/C15H11ClN6O4/c16-10-5-9(15(24)13(6-10)22(25)26)7-17-19-14(23)8-21-12-4-2-1-3-11(12)18-20-21/h1-7,24H,8H2,(H,19,23). The van der Waals surface area contributed by atoms with Crippen molar-refractivity contribution in [3.8, 4) is 5.75 Å². The minimum atomic E-state index is -0.771. The zero-order chi connectivity index (χ0) is 18.7. The molecular weight excluding hydrogens is 364 g/mol. The number of nitro benzene ring substituents is 1. The predicted molar refractivity (Wildman–Crippen MR) is 93.0 cm³/mol. The Bertz CT molecular complexity index is 1030. The van der Waals surface area contributed by atoms with Crippen molar-refractivity contribution < 1.29 is 14.8 Å². The first kappa shape index (κ1) is 17.3. The number of aromatic nitrogens is 3. The van der Waals surface area contributed by atoms with E-state index in [4.69, 9.17) is 11.6 Å². The quantitative estimate of drug-likeness (QED) is 0.397. The molecule has 1 aromatic heterocycles. The fraction of sp³-hybridized carbons (Fsp3) is 0.0667. The highest BCUT2D eigenvalue weighted by molar-refractivity contribution is 6.31. The van der Waals surface area contributed by atoms with Gasteiger partial charge in [-0.3, -0.25) is 14.9 Å². The molecule has 0 spiro atoms. The van der Waals surface area contributed by atoms with Crippen LogP contribution in [0, 0.1) is 10.1 Å². The summed E-state index contributed by atoms with van der Waals surface area (Å²) in [6.07, 6.45) is 1.06. The number of phenolic OH excluding ortho intramolecular Hbond substituents is 1. The Balaban J connectivity index is 1.71. The summed E-state index contributed by atoms with van der Waals surface area (Å²) in [7, 11) is 0. The summed E-state index contributed by atoms with van der Waals surface area (Å²) in [4.78, 5) is 22.0. The number of nitrogens with zero attached hydrogens (tertiary/aromatic N) is 5. The van der Waals surface area contributed by atoms with E-state index in [1.165, 1.54) is 10.7 Å². The van der Waals surface area contributed by atoms with Crippen LogP contribution in [0.3, 0.4) is 0 Å². The number of phenols is 1. The van der Waals surface area contributed by atoms with Gasteiger partial charge in [-0.05, 0) is 18.2 Å². The molecule has 0 aliphatic heterocycles. The Kier molecular flexibility index (Phi) is 4.76. The average molecular weight is 375 g/mol. The summed E-state index contributed by atoms with van der Waals surface area (Å²) in [5.41, 5.74) is 3.03. The largest absolute Gasteiger partial charge is 0.502 e. The number of nitrogens with one attached hydrogen (secondary N) is 1. The Morgan fingerprint density at radius 2 is 2.19 bits per heavy atom. The van der Waals surface area contributed by atoms with Gasteiger partial charge in [0.2, 0.25) is 5.75 Å². The second-order valence-corrected chi connectivity index (χ2v) is 5.59. The van der Waals surface area contributed by atoms with E-state index in [0.717, 1.165) is 12.3 Å². The van der Waals surface area contributed by atoms with Crippen molar-refractivity contribution in [3.05, 3.63) is 57.1 Å². The molecule has 26 heavy (non-hydrogen) atoms. The SMILES string of the molecule is O=C(Cn1nnc2ccccc21)NN=Cc1cc(Cl)cc([N+](=O)[O-])c1O. The molecule has 0 atom stereocenters. The van der Waals surface area contributed by atoms with Crippen LogP contribution in [0.25, 0.3) is 11.0 Å². The Morgan fingerprint density at radius 3 is 2.96 bits per heavy atom. The van der Waals surface area contributed by atoms with Crippen LogP contribution in [0.4, 0.5) is 5.69 Å². The normalized spacial score (nSPS) is 11.1. The molecule has 0 aliphatic rings. The number of hydrazone groups is 1. The molecule has 0 aliphatic carbocycles. The first-order chi connectivity index (χ1) is 12.5. The maximum absolute atomic E-state index is 12.0. The van der Waals surface area contributed by atoms with Crippen molar-refractivity contribution >= 4 is 40.4 Å². The van der Waals surface area contributed by atoms with Crippen molar-refractivity contribution in [3.63, 3.8) is 0 Å². The van der Waals surface area contributed by atoms with Crippen LogP contribution < -0.4 is 5.43 Å². The van der Waals surface area contributed by atoms with Crippen LogP contribution in [0.15, 0.2) is 41.5 Å². The minimum absolute atomic E-state index is 0.00398. The van der Waals surface area contributed by atoms with E-state index in [1.807, 2.05) is 6.07 Å². The molecule has 1 heterocycles. The van der Waals surface area contributed by atoms with Gasteiger partial charge in [0.05, 0.1) is 16.7 Å². The van der Waals surface area contributed by atoms with E-state index in [1.54, 1.807) is 18.2 Å². The van der Waals surface area contributed by atoms with E-state index < -0.39 is 22.3 Å². The number of hydrogen-bond donors (Lipinski definition) is 2. The van der Waals surface area contributed by atoms with Gasteiger partial charge in [0.1, 0.15) is 12.1 Å². The second kappa shape index (κ2) is 7.15. The number of carbonyl (C=O) groups is 1. The third-order valence-corrected chi connectivity index (χ3v) is 3.61. The summed E-state index contributed by atoms with van der Waals surface area (Å²) >= 11 is 5.77. The van der Waals surface area contributed by atoms with Gasteiger partial charge in [-0.2, -0.15) is 5.10 Å². The van der Waals surface area contributed by atoms with E-state index in [0.29, 0.717) is 11.0 Å². The summed E-state index contributed by atoms with van der Waals surface area (Å²) in [6, 6.07) is 9.45. The molecule has 2 aromatic carbocycles. The molecule has 0 bridgehead atoms. The van der Waals surface area contributed by atoms with Gasteiger partial charge in [-0.15, -0.1) is 5.10 Å². The molecule has 11 heteroatoms. The lowest BCUT2D eigenvalue weighted by Gasteiger charge is -2.03. The molecule has 0 saturated heterocycles. The van der Waals surface area contributed by atoms with Gasteiger partial charge < -0.3 is 5.11 Å². The van der Waals surface area contributed by atoms with Gasteiger partial charge in [0, 0.05) is 16.7 Å². The van der Waals surface area contributed by atoms with Gasteiger partial charge in [-0.25, -0.2) is 10.1 Å². The van der Waals surface area contributed by atoms with Crippen LogP contribution in [-0.2, 0) is 11.3 Å². The molecule has 0 saturated carbocycles. The molecule has 0 unspecified atom stereocenters. The van der Waals surface area contributed by atoms with Crippen LogP contribution in [-0.4, -0.2) is 37.1 Å². The monoisotopic (exact) mass is 374 g/mol. The van der Waals surface area contributed by atoms with Crippen molar-refractivity contribution in [2.45, 2.75) is 6.54 Å². The van der Waals surface area contributed by atoms with Gasteiger partial charge in [-0.1, -0.05) is 28.9 Å². The van der Waals surface area contributed by atoms with Crippen molar-refractivity contribution in [2.75, 3.05) is 0 Å². The van der Waals surface area contributed by atoms with E-state index in [-0.39, 0.29) is 17.1 Å². The third kappa shape index (κ3) is 3.59. The number of fused-ring (bicyclic) bond motifs is 1. The van der Waals surface area contributed by atoms with Crippen LogP contribution in [0.1, 0.15) is 5.56 Å². The summed E-state index contributed by atoms with van der Waals surface area (Å²) < 4.78 is 1.40. The summed E-state index contributed by atoms with van der Waals surface area (Å²) in [5, 5.41) is 32.2. The molecule has 1 amide bonds. The lowest BCUT2D eigenvalue weighted by Crippen LogP contribution is -2.23. The smallest absolute Gasteiger partial charge is 0.312 e. The Labute approximate surface area is 150 Å². The second-order valence-electron chi connectivity index (χ2n) is 5.15. The molecule has 10 nitrogen and oxygen atoms in total. The van der Waals surface area contributed by atoms with Crippen LogP contribution >= 0.6 is 11.6 Å². The van der Waals surface area contributed by atoms with Gasteiger partial charge in [0.15, 0.2) is 0 Å². The maximum Gasteiger partial charge on any atom is 0.312 e. The average Bonchev–Trinajstić information content (AvgIpc) is 3.00. The lowest BCUT2D eigenvalue weighted by molar-refractivity contribution is -0.385. The van der Waals surface area contributed by atoms with Crippen molar-refractivity contribution in [2.24, 2.45) is 5.10 Å². The molecule has 3 aromatic rings. The minimum Gasteiger partial charge on any atom is -0.502 e. The van der Waals surface area contributed by atoms with Crippen LogP contribution in [0.2, 0.25) is 5.02 Å². The zero-order valence-corrected chi connectivity index (χ0v) is 13.8. The highest BCUT2D eigenvalue weighted by Crippen LogP contribution is 2.32. The molecule has 0 radical (unpaired) electrons.